The molecule has 0 aliphatic carbocycles. The monoisotopic (exact) mass is 509 g/mol. The van der Waals surface area contributed by atoms with Crippen LogP contribution in [0.25, 0.3) is 0 Å². The molecule has 0 bridgehead atoms. The average Bonchev–Trinajstić information content (AvgIpc) is 2.85. The summed E-state index contributed by atoms with van der Waals surface area (Å²) in [7, 11) is 0. The number of hydrogen-bond donors (Lipinski definition) is 4. The normalized spacial score (nSPS) is 16.1. The third kappa shape index (κ3) is 6.79. The van der Waals surface area contributed by atoms with Crippen LogP contribution in [0.15, 0.2) is 36.4 Å². The molecule has 3 rings (SSSR count). The van der Waals surface area contributed by atoms with Gasteiger partial charge in [0.2, 0.25) is 11.8 Å². The minimum absolute atomic E-state index is 0.144. The van der Waals surface area contributed by atoms with Crippen LogP contribution in [0.2, 0.25) is 0 Å². The number of anilines is 1. The van der Waals surface area contributed by atoms with Gasteiger partial charge >= 0.3 is 5.97 Å². The number of carboxylic acids is 1. The van der Waals surface area contributed by atoms with Crippen molar-refractivity contribution in [1.29, 1.82) is 0 Å². The van der Waals surface area contributed by atoms with Gasteiger partial charge in [0.1, 0.15) is 18.9 Å². The molecule has 4 N–H and O–H groups in total. The van der Waals surface area contributed by atoms with Crippen LogP contribution >= 0.6 is 0 Å². The zero-order chi connectivity index (χ0) is 27.1. The highest BCUT2D eigenvalue weighted by Crippen LogP contribution is 2.27. The fraction of sp³-hybridized carbons (Fsp3) is 0.370. The number of carbonyl (C=O) groups excluding carboxylic acids is 4. The standard InChI is InChI=1S/C27H31N3O7/c1-16-10-19(11-17(2)21(16)15-32)26(36)29-22-8-5-7-18-6-3-4-9-23(18)30(27(22)37)13-24(33)28-20(14-31)12-25(34)35/h3-4,6,9-11,14,20,22,32H,5,7-8,12-13,15H2,1-2H3,(H,28,33)(H,29,36)(H,34,35)/t20-,22-/m0/s1. The number of para-hydroxylation sites is 1. The number of aldehydes is 1. The Bertz CT molecular complexity index is 1190. The molecule has 0 aromatic heterocycles. The van der Waals surface area contributed by atoms with Crippen LogP contribution in [0.1, 0.15) is 51.9 Å². The number of aliphatic hydroxyl groups excluding tert-OH is 1. The van der Waals surface area contributed by atoms with E-state index >= 15 is 0 Å². The van der Waals surface area contributed by atoms with Crippen molar-refractivity contribution in [2.24, 2.45) is 0 Å². The van der Waals surface area contributed by atoms with Crippen LogP contribution < -0.4 is 15.5 Å². The largest absolute Gasteiger partial charge is 0.481 e. The lowest BCUT2D eigenvalue weighted by Crippen LogP contribution is -2.53. The number of fused-ring (bicyclic) bond motifs is 1. The molecule has 196 valence electrons. The maximum atomic E-state index is 13.7. The summed E-state index contributed by atoms with van der Waals surface area (Å²) in [6.07, 6.45) is 1.35. The maximum Gasteiger partial charge on any atom is 0.305 e. The molecule has 1 aliphatic heterocycles. The molecule has 2 aromatic carbocycles. The Kier molecular flexibility index (Phi) is 9.13. The first-order chi connectivity index (χ1) is 17.6. The van der Waals surface area contributed by atoms with Crippen LogP contribution in [-0.2, 0) is 32.2 Å². The summed E-state index contributed by atoms with van der Waals surface area (Å²) in [5.41, 5.74) is 3.99. The van der Waals surface area contributed by atoms with E-state index in [-0.39, 0.29) is 6.61 Å². The van der Waals surface area contributed by atoms with Gasteiger partial charge in [-0.25, -0.2) is 0 Å². The summed E-state index contributed by atoms with van der Waals surface area (Å²) in [6, 6.07) is 8.31. The van der Waals surface area contributed by atoms with Gasteiger partial charge in [0.25, 0.3) is 5.91 Å². The van der Waals surface area contributed by atoms with E-state index in [0.29, 0.717) is 36.8 Å². The van der Waals surface area contributed by atoms with Crippen LogP contribution in [-0.4, -0.2) is 58.8 Å². The van der Waals surface area contributed by atoms with Crippen molar-refractivity contribution in [3.63, 3.8) is 0 Å². The van der Waals surface area contributed by atoms with Gasteiger partial charge in [0, 0.05) is 11.3 Å². The van der Waals surface area contributed by atoms with Crippen molar-refractivity contribution >= 4 is 35.7 Å². The molecule has 37 heavy (non-hydrogen) atoms. The molecule has 0 saturated heterocycles. The van der Waals surface area contributed by atoms with E-state index in [1.165, 1.54) is 4.90 Å². The predicted octanol–water partition coefficient (Wildman–Crippen LogP) is 1.42. The summed E-state index contributed by atoms with van der Waals surface area (Å²) in [5.74, 6) is -2.88. The molecule has 2 aromatic rings. The van der Waals surface area contributed by atoms with Gasteiger partial charge in [-0.15, -0.1) is 0 Å². The Morgan fingerprint density at radius 1 is 1.16 bits per heavy atom. The summed E-state index contributed by atoms with van der Waals surface area (Å²) >= 11 is 0. The highest BCUT2D eigenvalue weighted by atomic mass is 16.4. The molecular weight excluding hydrogens is 478 g/mol. The number of nitrogens with one attached hydrogen (secondary N) is 2. The Morgan fingerprint density at radius 3 is 2.46 bits per heavy atom. The molecule has 10 nitrogen and oxygen atoms in total. The summed E-state index contributed by atoms with van der Waals surface area (Å²) < 4.78 is 0. The first-order valence-electron chi connectivity index (χ1n) is 12.0. The van der Waals surface area contributed by atoms with Gasteiger partial charge in [-0.2, -0.15) is 0 Å². The van der Waals surface area contributed by atoms with Crippen LogP contribution in [0.5, 0.6) is 0 Å². The molecule has 1 aliphatic rings. The zero-order valence-electron chi connectivity index (χ0n) is 20.8. The average molecular weight is 510 g/mol. The highest BCUT2D eigenvalue weighted by Gasteiger charge is 2.32. The van der Waals surface area contributed by atoms with Crippen molar-refractivity contribution in [3.8, 4) is 0 Å². The van der Waals surface area contributed by atoms with Gasteiger partial charge < -0.3 is 30.5 Å². The van der Waals surface area contributed by atoms with E-state index in [2.05, 4.69) is 10.6 Å². The van der Waals surface area contributed by atoms with E-state index < -0.39 is 48.7 Å². The predicted molar refractivity (Wildman–Crippen MR) is 135 cm³/mol. The summed E-state index contributed by atoms with van der Waals surface area (Å²) in [5, 5.41) is 23.6. The lowest BCUT2D eigenvalue weighted by Gasteiger charge is -2.31. The van der Waals surface area contributed by atoms with Crippen LogP contribution in [0.3, 0.4) is 0 Å². The first-order valence-corrected chi connectivity index (χ1v) is 12.0. The molecule has 0 fully saturated rings. The van der Waals surface area contributed by atoms with Gasteiger partial charge in [-0.3, -0.25) is 19.2 Å². The molecule has 1 heterocycles. The SMILES string of the molecule is Cc1cc(C(=O)N[C@H]2CCCc3ccccc3N(CC(=O)N[C@H](C=O)CC(=O)O)C2=O)cc(C)c1CO. The lowest BCUT2D eigenvalue weighted by molar-refractivity contribution is -0.138. The highest BCUT2D eigenvalue weighted by molar-refractivity contribution is 6.05. The summed E-state index contributed by atoms with van der Waals surface area (Å²) in [6.45, 7) is 3.00. The second kappa shape index (κ2) is 12.3. The minimum Gasteiger partial charge on any atom is -0.481 e. The molecule has 0 spiro atoms. The van der Waals surface area contributed by atoms with Crippen molar-refractivity contribution < 1.29 is 34.2 Å². The van der Waals surface area contributed by atoms with E-state index in [4.69, 9.17) is 5.11 Å². The van der Waals surface area contributed by atoms with E-state index in [1.807, 2.05) is 12.1 Å². The van der Waals surface area contributed by atoms with E-state index in [9.17, 15) is 29.1 Å². The Labute approximate surface area is 214 Å². The number of carboxylic acid groups (broad SMARTS) is 1. The second-order valence-corrected chi connectivity index (χ2v) is 9.13. The Morgan fingerprint density at radius 2 is 1.84 bits per heavy atom. The number of aliphatic hydroxyl groups is 1. The number of aliphatic carboxylic acids is 1. The number of aryl methyl sites for hydroxylation is 3. The second-order valence-electron chi connectivity index (χ2n) is 9.13. The van der Waals surface area contributed by atoms with Crippen molar-refractivity contribution in [2.45, 2.75) is 58.2 Å². The van der Waals surface area contributed by atoms with Crippen molar-refractivity contribution in [2.75, 3.05) is 11.4 Å². The number of amides is 3. The number of benzene rings is 2. The Balaban J connectivity index is 1.86. The fourth-order valence-electron chi connectivity index (χ4n) is 4.54. The van der Waals surface area contributed by atoms with Gasteiger partial charge in [-0.1, -0.05) is 18.2 Å². The molecule has 0 radical (unpaired) electrons. The number of carbonyl (C=O) groups is 5. The van der Waals surface area contributed by atoms with Crippen LogP contribution in [0.4, 0.5) is 5.69 Å². The molecule has 0 unspecified atom stereocenters. The Hall–Kier alpha value is -4.05. The molecular formula is C27H31N3O7. The molecule has 0 saturated carbocycles. The fourth-order valence-corrected chi connectivity index (χ4v) is 4.54. The maximum absolute atomic E-state index is 13.7. The molecule has 3 amide bonds. The molecule has 10 heteroatoms. The number of nitrogens with zero attached hydrogens (tertiary/aromatic N) is 1. The van der Waals surface area contributed by atoms with Gasteiger partial charge in [0.15, 0.2) is 0 Å². The van der Waals surface area contributed by atoms with E-state index in [1.54, 1.807) is 38.1 Å². The smallest absolute Gasteiger partial charge is 0.305 e. The van der Waals surface area contributed by atoms with Crippen molar-refractivity contribution in [1.82, 2.24) is 10.6 Å². The van der Waals surface area contributed by atoms with Gasteiger partial charge in [0.05, 0.1) is 19.1 Å². The zero-order valence-corrected chi connectivity index (χ0v) is 20.8. The topological polar surface area (TPSA) is 153 Å². The number of hydrogen-bond acceptors (Lipinski definition) is 6. The first kappa shape index (κ1) is 27.5. The lowest BCUT2D eigenvalue weighted by atomic mass is 9.97. The van der Waals surface area contributed by atoms with E-state index in [0.717, 1.165) is 22.3 Å². The minimum atomic E-state index is -1.25. The third-order valence-electron chi connectivity index (χ3n) is 6.41. The summed E-state index contributed by atoms with van der Waals surface area (Å²) in [4.78, 5) is 62.9. The number of rotatable bonds is 9. The molecule has 2 atom stereocenters. The van der Waals surface area contributed by atoms with Crippen molar-refractivity contribution in [3.05, 3.63) is 64.2 Å². The van der Waals surface area contributed by atoms with Gasteiger partial charge in [-0.05, 0) is 73.6 Å². The third-order valence-corrected chi connectivity index (χ3v) is 6.41. The quantitative estimate of drug-likeness (QED) is 0.373. The van der Waals surface area contributed by atoms with Crippen LogP contribution in [0, 0.1) is 13.8 Å².